The second-order valence-electron chi connectivity index (χ2n) is 3.84. The van der Waals surface area contributed by atoms with Crippen molar-refractivity contribution in [3.8, 4) is 5.75 Å². The van der Waals surface area contributed by atoms with E-state index in [0.29, 0.717) is 17.9 Å². The van der Waals surface area contributed by atoms with Crippen LogP contribution < -0.4 is 10.1 Å². The molecule has 0 aliphatic carbocycles. The Morgan fingerprint density at radius 2 is 2.44 bits per heavy atom. The summed E-state index contributed by atoms with van der Waals surface area (Å²) in [6.07, 6.45) is 3.24. The fourth-order valence-corrected chi connectivity index (χ4v) is 2.06. The maximum Gasteiger partial charge on any atom is 0.252 e. The third kappa shape index (κ3) is 3.56. The third-order valence-corrected chi connectivity index (χ3v) is 2.99. The van der Waals surface area contributed by atoms with E-state index in [2.05, 4.69) is 10.3 Å². The molecule has 0 saturated heterocycles. The van der Waals surface area contributed by atoms with E-state index in [-0.39, 0.29) is 12.0 Å². The smallest absolute Gasteiger partial charge is 0.252 e. The molecule has 0 radical (unpaired) electrons. The number of hydrogen-bond donors (Lipinski definition) is 1. The van der Waals surface area contributed by atoms with Crippen LogP contribution in [0.5, 0.6) is 5.75 Å². The van der Waals surface area contributed by atoms with Gasteiger partial charge in [0.1, 0.15) is 11.9 Å². The maximum absolute atomic E-state index is 11.7. The molecule has 1 N–H and O–H groups in total. The van der Waals surface area contributed by atoms with Crippen molar-refractivity contribution in [1.29, 1.82) is 0 Å². The summed E-state index contributed by atoms with van der Waals surface area (Å²) in [6.45, 7) is 2.37. The molecule has 2 heterocycles. The monoisotopic (exact) mass is 262 g/mol. The molecule has 1 amide bonds. The zero-order chi connectivity index (χ0) is 12.8. The summed E-state index contributed by atoms with van der Waals surface area (Å²) in [5.41, 5.74) is 0.688. The minimum Gasteiger partial charge on any atom is -0.487 e. The average Bonchev–Trinajstić information content (AvgIpc) is 2.91. The number of carbonyl (C=O) groups excluding carboxylic acids is 1. The Morgan fingerprint density at radius 1 is 1.56 bits per heavy atom. The van der Waals surface area contributed by atoms with Crippen LogP contribution in [-0.4, -0.2) is 23.5 Å². The van der Waals surface area contributed by atoms with E-state index in [1.54, 1.807) is 18.5 Å². The van der Waals surface area contributed by atoms with Crippen LogP contribution in [0.1, 0.15) is 17.3 Å². The minimum atomic E-state index is -0.100. The number of nitrogens with one attached hydrogen (secondary N) is 1. The van der Waals surface area contributed by atoms with Crippen molar-refractivity contribution in [1.82, 2.24) is 10.3 Å². The van der Waals surface area contributed by atoms with E-state index in [4.69, 9.17) is 4.74 Å². The SMILES string of the molecule is C[C@@H](CNC(=O)c1ccsc1)Oc1cccnc1. The average molecular weight is 262 g/mol. The van der Waals surface area contributed by atoms with Gasteiger partial charge in [0.2, 0.25) is 0 Å². The van der Waals surface area contributed by atoms with Gasteiger partial charge in [-0.1, -0.05) is 0 Å². The Kier molecular flexibility index (Phi) is 4.30. The Morgan fingerprint density at radius 3 is 3.11 bits per heavy atom. The molecule has 2 rings (SSSR count). The maximum atomic E-state index is 11.7. The molecule has 0 bridgehead atoms. The Bertz CT molecular complexity index is 485. The topological polar surface area (TPSA) is 51.2 Å². The van der Waals surface area contributed by atoms with E-state index in [1.165, 1.54) is 11.3 Å². The Hall–Kier alpha value is -1.88. The number of ether oxygens (including phenoxy) is 1. The fourth-order valence-electron chi connectivity index (χ4n) is 1.42. The number of hydrogen-bond acceptors (Lipinski definition) is 4. The largest absolute Gasteiger partial charge is 0.487 e. The highest BCUT2D eigenvalue weighted by Crippen LogP contribution is 2.09. The van der Waals surface area contributed by atoms with Gasteiger partial charge in [-0.2, -0.15) is 11.3 Å². The molecule has 0 aliphatic heterocycles. The van der Waals surface area contributed by atoms with Crippen molar-refractivity contribution < 1.29 is 9.53 Å². The van der Waals surface area contributed by atoms with Crippen LogP contribution in [0.3, 0.4) is 0 Å². The quantitative estimate of drug-likeness (QED) is 0.899. The van der Waals surface area contributed by atoms with Gasteiger partial charge in [-0.25, -0.2) is 0 Å². The number of thiophene rings is 1. The Labute approximate surface area is 110 Å². The fraction of sp³-hybridized carbons (Fsp3) is 0.231. The van der Waals surface area contributed by atoms with E-state index in [0.717, 1.165) is 0 Å². The van der Waals surface area contributed by atoms with Crippen LogP contribution in [0.15, 0.2) is 41.4 Å². The van der Waals surface area contributed by atoms with Crippen LogP contribution in [-0.2, 0) is 0 Å². The first-order valence-electron chi connectivity index (χ1n) is 5.63. The summed E-state index contributed by atoms with van der Waals surface area (Å²) in [7, 11) is 0. The summed E-state index contributed by atoms with van der Waals surface area (Å²) < 4.78 is 5.61. The van der Waals surface area contributed by atoms with Gasteiger partial charge in [-0.15, -0.1) is 0 Å². The van der Waals surface area contributed by atoms with Crippen LogP contribution in [0, 0.1) is 0 Å². The zero-order valence-electron chi connectivity index (χ0n) is 10.00. The van der Waals surface area contributed by atoms with Gasteiger partial charge in [0.25, 0.3) is 5.91 Å². The van der Waals surface area contributed by atoms with Crippen molar-refractivity contribution in [2.75, 3.05) is 6.54 Å². The lowest BCUT2D eigenvalue weighted by Crippen LogP contribution is -2.33. The molecule has 0 fully saturated rings. The molecule has 0 saturated carbocycles. The van der Waals surface area contributed by atoms with Gasteiger partial charge < -0.3 is 10.1 Å². The third-order valence-electron chi connectivity index (χ3n) is 2.31. The first kappa shape index (κ1) is 12.6. The van der Waals surface area contributed by atoms with Crippen molar-refractivity contribution in [3.63, 3.8) is 0 Å². The number of aromatic nitrogens is 1. The zero-order valence-corrected chi connectivity index (χ0v) is 10.8. The number of nitrogens with zero attached hydrogens (tertiary/aromatic N) is 1. The van der Waals surface area contributed by atoms with E-state index in [1.807, 2.05) is 29.8 Å². The number of rotatable bonds is 5. The van der Waals surface area contributed by atoms with Crippen molar-refractivity contribution in [2.45, 2.75) is 13.0 Å². The summed E-state index contributed by atoms with van der Waals surface area (Å²) in [4.78, 5) is 15.7. The molecule has 0 unspecified atom stereocenters. The van der Waals surface area contributed by atoms with E-state index < -0.39 is 0 Å². The molecular weight excluding hydrogens is 248 g/mol. The van der Waals surface area contributed by atoms with Crippen LogP contribution in [0.2, 0.25) is 0 Å². The summed E-state index contributed by atoms with van der Waals surface area (Å²) in [5.74, 6) is 0.632. The van der Waals surface area contributed by atoms with Crippen LogP contribution in [0.4, 0.5) is 0 Å². The van der Waals surface area contributed by atoms with Gasteiger partial charge in [0.05, 0.1) is 12.7 Å². The first-order valence-corrected chi connectivity index (χ1v) is 6.57. The lowest BCUT2D eigenvalue weighted by molar-refractivity contribution is 0.0932. The molecule has 4 nitrogen and oxygen atoms in total. The summed E-state index contributed by atoms with van der Waals surface area (Å²) in [5, 5.41) is 6.53. The van der Waals surface area contributed by atoms with Gasteiger partial charge in [-0.3, -0.25) is 9.78 Å². The molecule has 5 heteroatoms. The highest BCUT2D eigenvalue weighted by atomic mass is 32.1. The number of amides is 1. The molecule has 94 valence electrons. The molecule has 0 aliphatic rings. The lowest BCUT2D eigenvalue weighted by atomic mass is 10.3. The van der Waals surface area contributed by atoms with Crippen LogP contribution >= 0.6 is 11.3 Å². The second kappa shape index (κ2) is 6.16. The van der Waals surface area contributed by atoms with E-state index >= 15 is 0 Å². The summed E-state index contributed by atoms with van der Waals surface area (Å²) >= 11 is 1.50. The molecule has 1 atom stereocenters. The molecule has 0 spiro atoms. The standard InChI is InChI=1S/C13H14N2O2S/c1-10(17-12-3-2-5-14-8-12)7-15-13(16)11-4-6-18-9-11/h2-6,8-10H,7H2,1H3,(H,15,16)/t10-/m0/s1. The predicted molar refractivity (Wildman–Crippen MR) is 71.0 cm³/mol. The van der Waals surface area contributed by atoms with E-state index in [9.17, 15) is 4.79 Å². The van der Waals surface area contributed by atoms with Crippen molar-refractivity contribution >= 4 is 17.2 Å². The van der Waals surface area contributed by atoms with Gasteiger partial charge >= 0.3 is 0 Å². The summed E-state index contributed by atoms with van der Waals surface area (Å²) in [6, 6.07) is 5.45. The lowest BCUT2D eigenvalue weighted by Gasteiger charge is -2.14. The highest BCUT2D eigenvalue weighted by Gasteiger charge is 2.09. The van der Waals surface area contributed by atoms with Crippen molar-refractivity contribution in [2.24, 2.45) is 0 Å². The minimum absolute atomic E-state index is 0.0714. The molecule has 0 aromatic carbocycles. The Balaban J connectivity index is 1.78. The number of carbonyl (C=O) groups is 1. The molecule has 2 aromatic heterocycles. The second-order valence-corrected chi connectivity index (χ2v) is 4.62. The van der Waals surface area contributed by atoms with Gasteiger partial charge in [0.15, 0.2) is 0 Å². The number of pyridine rings is 1. The molecule has 2 aromatic rings. The predicted octanol–water partition coefficient (Wildman–Crippen LogP) is 2.34. The highest BCUT2D eigenvalue weighted by molar-refractivity contribution is 7.08. The molecular formula is C13H14N2O2S. The first-order chi connectivity index (χ1) is 8.75. The molecule has 18 heavy (non-hydrogen) atoms. The van der Waals surface area contributed by atoms with Gasteiger partial charge in [0, 0.05) is 17.1 Å². The normalized spacial score (nSPS) is 11.8. The van der Waals surface area contributed by atoms with Crippen molar-refractivity contribution in [3.05, 3.63) is 46.9 Å². The van der Waals surface area contributed by atoms with Crippen LogP contribution in [0.25, 0.3) is 0 Å². The van der Waals surface area contributed by atoms with Gasteiger partial charge in [-0.05, 0) is 30.5 Å².